The summed E-state index contributed by atoms with van der Waals surface area (Å²) >= 11 is 3.44. The highest BCUT2D eigenvalue weighted by molar-refractivity contribution is 9.10. The molecule has 2 aromatic carbocycles. The van der Waals surface area contributed by atoms with E-state index in [0.717, 1.165) is 21.2 Å². The summed E-state index contributed by atoms with van der Waals surface area (Å²) in [5, 5.41) is 8.99. The van der Waals surface area contributed by atoms with Crippen LogP contribution in [0.15, 0.2) is 46.9 Å². The van der Waals surface area contributed by atoms with E-state index in [0.29, 0.717) is 12.0 Å². The molecule has 0 aliphatic rings. The molecule has 0 aliphatic heterocycles. The zero-order valence-corrected chi connectivity index (χ0v) is 14.8. The monoisotopic (exact) mass is 374 g/mol. The Morgan fingerprint density at radius 2 is 1.65 bits per heavy atom. The van der Waals surface area contributed by atoms with Gasteiger partial charge in [0.25, 0.3) is 0 Å². The lowest BCUT2D eigenvalue weighted by molar-refractivity contribution is -0.137. The second-order valence-electron chi connectivity index (χ2n) is 5.67. The van der Waals surface area contributed by atoms with Crippen LogP contribution in [0.3, 0.4) is 0 Å². The van der Waals surface area contributed by atoms with Crippen LogP contribution < -0.4 is 0 Å². The molecule has 0 radical (unpaired) electrons. The van der Waals surface area contributed by atoms with E-state index >= 15 is 0 Å². The maximum absolute atomic E-state index is 13.1. The van der Waals surface area contributed by atoms with E-state index in [1.165, 1.54) is 0 Å². The quantitative estimate of drug-likeness (QED) is 0.731. The van der Waals surface area contributed by atoms with Crippen molar-refractivity contribution < 1.29 is 14.7 Å². The number of Topliss-reactive ketones (excluding diaryl/α,β-unsaturated/α-hetero) is 1. The second kappa shape index (κ2) is 7.55. The normalized spacial score (nSPS) is 12.0. The summed E-state index contributed by atoms with van der Waals surface area (Å²) in [5.41, 5.74) is 3.35. The molecule has 0 heterocycles. The molecular weight excluding hydrogens is 356 g/mol. The Balaban J connectivity index is 2.43. The summed E-state index contributed by atoms with van der Waals surface area (Å²) in [6.07, 6.45) is 0.271. The van der Waals surface area contributed by atoms with Gasteiger partial charge in [0.15, 0.2) is 5.78 Å². The first-order valence-corrected chi connectivity index (χ1v) is 8.27. The number of carboxylic acid groups (broad SMARTS) is 1. The van der Waals surface area contributed by atoms with Crippen LogP contribution in [-0.4, -0.2) is 16.9 Å². The summed E-state index contributed by atoms with van der Waals surface area (Å²) in [4.78, 5) is 24.1. The summed E-state index contributed by atoms with van der Waals surface area (Å²) in [6, 6.07) is 13.2. The van der Waals surface area contributed by atoms with Gasteiger partial charge in [-0.05, 0) is 49.1 Å². The predicted molar refractivity (Wildman–Crippen MR) is 94.0 cm³/mol. The fourth-order valence-corrected chi connectivity index (χ4v) is 3.56. The topological polar surface area (TPSA) is 54.4 Å². The molecular formula is C19H19BrO3. The summed E-state index contributed by atoms with van der Waals surface area (Å²) < 4.78 is 0.936. The number of ketones is 1. The molecule has 2 rings (SSSR count). The van der Waals surface area contributed by atoms with E-state index < -0.39 is 11.9 Å². The van der Waals surface area contributed by atoms with Crippen molar-refractivity contribution in [3.63, 3.8) is 0 Å². The maximum atomic E-state index is 13.1. The minimum absolute atomic E-state index is 0.0139. The zero-order valence-electron chi connectivity index (χ0n) is 13.2. The molecule has 1 N–H and O–H groups in total. The van der Waals surface area contributed by atoms with Gasteiger partial charge in [-0.3, -0.25) is 9.59 Å². The minimum atomic E-state index is -0.886. The van der Waals surface area contributed by atoms with E-state index in [4.69, 9.17) is 5.11 Å². The highest BCUT2D eigenvalue weighted by Crippen LogP contribution is 2.30. The smallest absolute Gasteiger partial charge is 0.303 e. The molecule has 120 valence electrons. The van der Waals surface area contributed by atoms with Crippen LogP contribution in [-0.2, 0) is 4.79 Å². The van der Waals surface area contributed by atoms with Gasteiger partial charge in [-0.1, -0.05) is 46.3 Å². The van der Waals surface area contributed by atoms with Crippen molar-refractivity contribution in [1.82, 2.24) is 0 Å². The Morgan fingerprint density at radius 3 is 2.17 bits per heavy atom. The Morgan fingerprint density at radius 1 is 1.09 bits per heavy atom. The Bertz CT molecular complexity index is 700. The van der Waals surface area contributed by atoms with Gasteiger partial charge in [-0.2, -0.15) is 0 Å². The molecule has 4 heteroatoms. The van der Waals surface area contributed by atoms with Crippen LogP contribution in [0, 0.1) is 13.8 Å². The molecule has 23 heavy (non-hydrogen) atoms. The van der Waals surface area contributed by atoms with Crippen LogP contribution in [0.5, 0.6) is 0 Å². The molecule has 0 fully saturated rings. The standard InChI is InChI=1S/C19H19BrO3/c1-12-10-15(20)11-13(2)18(12)19(23)16(8-9-17(21)22)14-6-4-3-5-7-14/h3-7,10-11,16H,8-9H2,1-2H3,(H,21,22). The second-order valence-corrected chi connectivity index (χ2v) is 6.59. The lowest BCUT2D eigenvalue weighted by Crippen LogP contribution is -2.17. The third-order valence-corrected chi connectivity index (χ3v) is 4.37. The predicted octanol–water partition coefficient (Wildman–Crippen LogP) is 4.90. The minimum Gasteiger partial charge on any atom is -0.481 e. The van der Waals surface area contributed by atoms with Gasteiger partial charge in [-0.15, -0.1) is 0 Å². The summed E-state index contributed by atoms with van der Waals surface area (Å²) in [6.45, 7) is 3.81. The van der Waals surface area contributed by atoms with E-state index in [-0.39, 0.29) is 12.2 Å². The first-order valence-electron chi connectivity index (χ1n) is 7.48. The van der Waals surface area contributed by atoms with Crippen molar-refractivity contribution in [3.05, 3.63) is 69.2 Å². The average Bonchev–Trinajstić information content (AvgIpc) is 2.47. The van der Waals surface area contributed by atoms with Gasteiger partial charge in [0.2, 0.25) is 0 Å². The number of hydrogen-bond donors (Lipinski definition) is 1. The molecule has 0 bridgehead atoms. The van der Waals surface area contributed by atoms with Gasteiger partial charge in [0, 0.05) is 22.4 Å². The molecule has 0 spiro atoms. The molecule has 0 aromatic heterocycles. The molecule has 0 saturated heterocycles. The van der Waals surface area contributed by atoms with Crippen LogP contribution in [0.25, 0.3) is 0 Å². The highest BCUT2D eigenvalue weighted by Gasteiger charge is 2.25. The van der Waals surface area contributed by atoms with Crippen LogP contribution in [0.1, 0.15) is 45.8 Å². The molecule has 0 saturated carbocycles. The Hall–Kier alpha value is -1.94. The van der Waals surface area contributed by atoms with Gasteiger partial charge < -0.3 is 5.11 Å². The summed E-state index contributed by atoms with van der Waals surface area (Å²) in [5.74, 6) is -1.34. The van der Waals surface area contributed by atoms with Crippen molar-refractivity contribution in [1.29, 1.82) is 0 Å². The molecule has 1 unspecified atom stereocenters. The number of hydrogen-bond acceptors (Lipinski definition) is 2. The van der Waals surface area contributed by atoms with Gasteiger partial charge in [0.1, 0.15) is 0 Å². The zero-order chi connectivity index (χ0) is 17.0. The Labute approximate surface area is 144 Å². The van der Waals surface area contributed by atoms with Gasteiger partial charge in [0.05, 0.1) is 0 Å². The first kappa shape index (κ1) is 17.4. The number of benzene rings is 2. The third-order valence-electron chi connectivity index (χ3n) is 3.91. The van der Waals surface area contributed by atoms with Crippen molar-refractivity contribution >= 4 is 27.7 Å². The van der Waals surface area contributed by atoms with Crippen molar-refractivity contribution in [2.24, 2.45) is 0 Å². The van der Waals surface area contributed by atoms with E-state index in [2.05, 4.69) is 15.9 Å². The Kier molecular flexibility index (Phi) is 5.72. The number of carboxylic acids is 1. The molecule has 1 atom stereocenters. The number of rotatable bonds is 6. The largest absolute Gasteiger partial charge is 0.481 e. The number of carbonyl (C=O) groups is 2. The van der Waals surface area contributed by atoms with E-state index in [1.807, 2.05) is 56.3 Å². The van der Waals surface area contributed by atoms with Crippen molar-refractivity contribution in [3.8, 4) is 0 Å². The van der Waals surface area contributed by atoms with Gasteiger partial charge in [-0.25, -0.2) is 0 Å². The maximum Gasteiger partial charge on any atom is 0.303 e. The SMILES string of the molecule is Cc1cc(Br)cc(C)c1C(=O)C(CCC(=O)O)c1ccccc1. The van der Waals surface area contributed by atoms with Crippen LogP contribution in [0.2, 0.25) is 0 Å². The lowest BCUT2D eigenvalue weighted by atomic mass is 9.84. The lowest BCUT2D eigenvalue weighted by Gasteiger charge is -2.18. The van der Waals surface area contributed by atoms with Crippen LogP contribution in [0.4, 0.5) is 0 Å². The first-order chi connectivity index (χ1) is 10.9. The number of halogens is 1. The molecule has 0 amide bonds. The van der Waals surface area contributed by atoms with Crippen molar-refractivity contribution in [2.45, 2.75) is 32.6 Å². The molecule has 2 aromatic rings. The molecule has 0 aliphatic carbocycles. The average molecular weight is 375 g/mol. The number of aryl methyl sites for hydroxylation is 2. The van der Waals surface area contributed by atoms with E-state index in [1.54, 1.807) is 0 Å². The van der Waals surface area contributed by atoms with Gasteiger partial charge >= 0.3 is 5.97 Å². The number of aliphatic carboxylic acids is 1. The summed E-state index contributed by atoms with van der Waals surface area (Å²) in [7, 11) is 0. The van der Waals surface area contributed by atoms with E-state index in [9.17, 15) is 9.59 Å². The molecule has 3 nitrogen and oxygen atoms in total. The van der Waals surface area contributed by atoms with Crippen LogP contribution >= 0.6 is 15.9 Å². The third kappa shape index (κ3) is 4.29. The number of carbonyl (C=O) groups excluding carboxylic acids is 1. The highest BCUT2D eigenvalue weighted by atomic mass is 79.9. The van der Waals surface area contributed by atoms with Crippen molar-refractivity contribution in [2.75, 3.05) is 0 Å². The fraction of sp³-hybridized carbons (Fsp3) is 0.263. The fourth-order valence-electron chi connectivity index (χ4n) is 2.88.